The summed E-state index contributed by atoms with van der Waals surface area (Å²) in [6.45, 7) is 4.16. The number of methoxy groups -OCH3 is 1. The number of nitrogens with zero attached hydrogens (tertiary/aromatic N) is 1. The molecular formula is C28H32N2O3. The molecule has 1 N–H and O–H groups in total. The van der Waals surface area contributed by atoms with Crippen LogP contribution in [-0.2, 0) is 29.0 Å². The quantitative estimate of drug-likeness (QED) is 0.504. The van der Waals surface area contributed by atoms with Crippen LogP contribution in [0.1, 0.15) is 30.5 Å². The van der Waals surface area contributed by atoms with Crippen LogP contribution >= 0.6 is 0 Å². The first-order chi connectivity index (χ1) is 16.0. The summed E-state index contributed by atoms with van der Waals surface area (Å²) in [7, 11) is 1.62. The van der Waals surface area contributed by atoms with Gasteiger partial charge >= 0.3 is 0 Å². The van der Waals surface area contributed by atoms with E-state index in [1.807, 2.05) is 98.8 Å². The fourth-order valence-corrected chi connectivity index (χ4v) is 3.77. The predicted molar refractivity (Wildman–Crippen MR) is 131 cm³/mol. The van der Waals surface area contributed by atoms with Crippen molar-refractivity contribution in [2.24, 2.45) is 0 Å². The molecule has 5 heteroatoms. The molecule has 0 spiro atoms. The molecule has 3 rings (SSSR count). The van der Waals surface area contributed by atoms with Crippen LogP contribution in [0, 0.1) is 0 Å². The number of benzene rings is 3. The lowest BCUT2D eigenvalue weighted by Crippen LogP contribution is -2.52. The largest absolute Gasteiger partial charge is 0.497 e. The molecule has 0 heterocycles. The first kappa shape index (κ1) is 24.1. The van der Waals surface area contributed by atoms with Crippen molar-refractivity contribution in [1.82, 2.24) is 10.2 Å². The van der Waals surface area contributed by atoms with E-state index in [2.05, 4.69) is 5.32 Å². The normalized spacial score (nSPS) is 11.6. The number of rotatable bonds is 10. The first-order valence-corrected chi connectivity index (χ1v) is 11.3. The Morgan fingerprint density at radius 1 is 0.848 bits per heavy atom. The highest BCUT2D eigenvalue weighted by atomic mass is 16.5. The van der Waals surface area contributed by atoms with Crippen molar-refractivity contribution in [2.75, 3.05) is 7.11 Å². The first-order valence-electron chi connectivity index (χ1n) is 11.3. The Kier molecular flexibility index (Phi) is 8.64. The number of hydrogen-bond donors (Lipinski definition) is 1. The number of carbonyl (C=O) groups is 2. The number of nitrogens with one attached hydrogen (secondary N) is 1. The topological polar surface area (TPSA) is 58.6 Å². The molecule has 0 radical (unpaired) electrons. The summed E-state index contributed by atoms with van der Waals surface area (Å²) in [5, 5.41) is 3.01. The molecule has 0 saturated heterocycles. The number of carbonyl (C=O) groups excluding carboxylic acids is 2. The Morgan fingerprint density at radius 3 is 2.06 bits per heavy atom. The van der Waals surface area contributed by atoms with Crippen LogP contribution in [0.4, 0.5) is 0 Å². The molecule has 3 aromatic carbocycles. The van der Waals surface area contributed by atoms with Crippen LogP contribution in [0.25, 0.3) is 0 Å². The highest BCUT2D eigenvalue weighted by Gasteiger charge is 2.30. The predicted octanol–water partition coefficient (Wildman–Crippen LogP) is 4.40. The maximum absolute atomic E-state index is 13.6. The van der Waals surface area contributed by atoms with E-state index in [0.29, 0.717) is 18.7 Å². The zero-order chi connectivity index (χ0) is 23.6. The van der Waals surface area contributed by atoms with E-state index in [1.165, 1.54) is 0 Å². The molecule has 0 aliphatic rings. The van der Waals surface area contributed by atoms with Crippen LogP contribution in [0.15, 0.2) is 84.9 Å². The zero-order valence-corrected chi connectivity index (χ0v) is 19.5. The van der Waals surface area contributed by atoms with Crippen molar-refractivity contribution in [3.05, 3.63) is 102 Å². The van der Waals surface area contributed by atoms with Gasteiger partial charge in [0.2, 0.25) is 11.8 Å². The SMILES string of the molecule is COc1cccc(CN(C(=O)Cc2ccccc2)[C@@H](Cc2ccccc2)C(=O)NC(C)C)c1. The third-order valence-electron chi connectivity index (χ3n) is 5.39. The minimum Gasteiger partial charge on any atom is -0.497 e. The van der Waals surface area contributed by atoms with Crippen molar-refractivity contribution in [3.63, 3.8) is 0 Å². The second-order valence-electron chi connectivity index (χ2n) is 8.40. The zero-order valence-electron chi connectivity index (χ0n) is 19.5. The van der Waals surface area contributed by atoms with Gasteiger partial charge in [0, 0.05) is 19.0 Å². The monoisotopic (exact) mass is 444 g/mol. The van der Waals surface area contributed by atoms with Gasteiger partial charge in [-0.1, -0.05) is 72.8 Å². The second-order valence-corrected chi connectivity index (χ2v) is 8.40. The number of hydrogen-bond acceptors (Lipinski definition) is 3. The van der Waals surface area contributed by atoms with Gasteiger partial charge in [-0.25, -0.2) is 0 Å². The Morgan fingerprint density at radius 2 is 1.45 bits per heavy atom. The third kappa shape index (κ3) is 7.21. The van der Waals surface area contributed by atoms with E-state index in [0.717, 1.165) is 16.7 Å². The fraction of sp³-hybridized carbons (Fsp3) is 0.286. The van der Waals surface area contributed by atoms with Gasteiger partial charge in [0.15, 0.2) is 0 Å². The van der Waals surface area contributed by atoms with Crippen molar-refractivity contribution in [2.45, 2.75) is 45.3 Å². The lowest BCUT2D eigenvalue weighted by Gasteiger charge is -2.32. The van der Waals surface area contributed by atoms with Crippen molar-refractivity contribution in [1.29, 1.82) is 0 Å². The summed E-state index contributed by atoms with van der Waals surface area (Å²) in [4.78, 5) is 28.6. The molecule has 3 aromatic rings. The Hall–Kier alpha value is -3.60. The fourth-order valence-electron chi connectivity index (χ4n) is 3.77. The third-order valence-corrected chi connectivity index (χ3v) is 5.39. The molecule has 0 aliphatic heterocycles. The summed E-state index contributed by atoms with van der Waals surface area (Å²) in [5.74, 6) is 0.469. The van der Waals surface area contributed by atoms with E-state index in [-0.39, 0.29) is 24.3 Å². The highest BCUT2D eigenvalue weighted by molar-refractivity contribution is 5.89. The van der Waals surface area contributed by atoms with Gasteiger partial charge in [0.05, 0.1) is 13.5 Å². The van der Waals surface area contributed by atoms with Crippen LogP contribution in [0.2, 0.25) is 0 Å². The summed E-state index contributed by atoms with van der Waals surface area (Å²) in [5.41, 5.74) is 2.83. The molecule has 0 saturated carbocycles. The van der Waals surface area contributed by atoms with E-state index >= 15 is 0 Å². The van der Waals surface area contributed by atoms with Crippen LogP contribution < -0.4 is 10.1 Å². The van der Waals surface area contributed by atoms with Gasteiger partial charge in [-0.05, 0) is 42.7 Å². The number of amides is 2. The van der Waals surface area contributed by atoms with Crippen LogP contribution in [-0.4, -0.2) is 35.9 Å². The van der Waals surface area contributed by atoms with Crippen molar-refractivity contribution >= 4 is 11.8 Å². The van der Waals surface area contributed by atoms with Gasteiger partial charge in [0.1, 0.15) is 11.8 Å². The molecule has 0 unspecified atom stereocenters. The lowest BCUT2D eigenvalue weighted by molar-refractivity contribution is -0.141. The molecule has 5 nitrogen and oxygen atoms in total. The molecule has 0 aromatic heterocycles. The maximum Gasteiger partial charge on any atom is 0.243 e. The van der Waals surface area contributed by atoms with Gasteiger partial charge < -0.3 is 15.0 Å². The summed E-state index contributed by atoms with van der Waals surface area (Å²) >= 11 is 0. The molecule has 2 amide bonds. The molecule has 1 atom stereocenters. The minimum atomic E-state index is -0.641. The Labute approximate surface area is 196 Å². The van der Waals surface area contributed by atoms with Crippen LogP contribution in [0.3, 0.4) is 0 Å². The molecule has 172 valence electrons. The molecule has 33 heavy (non-hydrogen) atoms. The van der Waals surface area contributed by atoms with E-state index in [1.54, 1.807) is 12.0 Å². The summed E-state index contributed by atoms with van der Waals surface area (Å²) in [6.07, 6.45) is 0.662. The lowest BCUT2D eigenvalue weighted by atomic mass is 10.0. The van der Waals surface area contributed by atoms with Gasteiger partial charge in [-0.2, -0.15) is 0 Å². The smallest absolute Gasteiger partial charge is 0.243 e. The van der Waals surface area contributed by atoms with Gasteiger partial charge in [-0.3, -0.25) is 9.59 Å². The maximum atomic E-state index is 13.6. The summed E-state index contributed by atoms with van der Waals surface area (Å²) in [6, 6.07) is 26.4. The molecule has 0 bridgehead atoms. The highest BCUT2D eigenvalue weighted by Crippen LogP contribution is 2.19. The summed E-state index contributed by atoms with van der Waals surface area (Å²) < 4.78 is 5.37. The van der Waals surface area contributed by atoms with Crippen LogP contribution in [0.5, 0.6) is 5.75 Å². The second kappa shape index (κ2) is 11.9. The standard InChI is InChI=1S/C28H32N2O3/c1-21(2)29-28(32)26(18-22-11-6-4-7-12-22)30(20-24-15-10-16-25(17-24)33-3)27(31)19-23-13-8-5-9-14-23/h4-17,21,26H,18-20H2,1-3H3,(H,29,32)/t26-/m0/s1. The number of ether oxygens (including phenoxy) is 1. The molecule has 0 fully saturated rings. The Balaban J connectivity index is 1.97. The minimum absolute atomic E-state index is 0.0290. The molecule has 0 aliphatic carbocycles. The van der Waals surface area contributed by atoms with E-state index in [4.69, 9.17) is 4.74 Å². The van der Waals surface area contributed by atoms with Gasteiger partial charge in [-0.15, -0.1) is 0 Å². The van der Waals surface area contributed by atoms with Crippen molar-refractivity contribution < 1.29 is 14.3 Å². The average molecular weight is 445 g/mol. The average Bonchev–Trinajstić information content (AvgIpc) is 2.82. The van der Waals surface area contributed by atoms with E-state index in [9.17, 15) is 9.59 Å². The molecular weight excluding hydrogens is 412 g/mol. The van der Waals surface area contributed by atoms with E-state index < -0.39 is 6.04 Å². The van der Waals surface area contributed by atoms with Crippen molar-refractivity contribution in [3.8, 4) is 5.75 Å². The Bertz CT molecular complexity index is 1040. The van der Waals surface area contributed by atoms with Gasteiger partial charge in [0.25, 0.3) is 0 Å².